The van der Waals surface area contributed by atoms with Crippen LogP contribution in [0.3, 0.4) is 0 Å². The van der Waals surface area contributed by atoms with E-state index >= 15 is 0 Å². The lowest BCUT2D eigenvalue weighted by molar-refractivity contribution is -0.147. The maximum atomic E-state index is 12.3. The van der Waals surface area contributed by atoms with Crippen molar-refractivity contribution in [3.8, 4) is 0 Å². The van der Waals surface area contributed by atoms with E-state index in [4.69, 9.17) is 4.74 Å². The van der Waals surface area contributed by atoms with Crippen molar-refractivity contribution >= 4 is 41.2 Å². The highest BCUT2D eigenvalue weighted by atomic mass is 32.2. The molecule has 0 aromatic rings. The average Bonchev–Trinajstić information content (AvgIpc) is 3.06. The minimum atomic E-state index is -0.563. The van der Waals surface area contributed by atoms with E-state index in [1.807, 2.05) is 13.8 Å². The van der Waals surface area contributed by atoms with Gasteiger partial charge in [0.05, 0.1) is 24.2 Å². The highest BCUT2D eigenvalue weighted by Crippen LogP contribution is 2.27. The molecule has 0 saturated carbocycles. The summed E-state index contributed by atoms with van der Waals surface area (Å²) in [6.45, 7) is 7.36. The van der Waals surface area contributed by atoms with E-state index in [2.05, 4.69) is 0 Å². The number of thioether (sulfide) groups is 1. The number of hydrogen-bond donors (Lipinski definition) is 0. The van der Waals surface area contributed by atoms with Crippen molar-refractivity contribution in [3.05, 3.63) is 0 Å². The number of amides is 4. The van der Waals surface area contributed by atoms with Gasteiger partial charge in [-0.25, -0.2) is 0 Å². The Labute approximate surface area is 169 Å². The smallest absolute Gasteiger partial charge is 0.244 e. The standard InChI is InChI=1S/C19H28N2O6S/c1-11(2)13-7-16(23)20(18(13)25)5-6-27-10-21-17(24)8-15(19(21)26)28-9-14(22)12(3)4/h11-13,15H,5-10H2,1-4H3. The summed E-state index contributed by atoms with van der Waals surface area (Å²) in [6, 6.07) is 0. The van der Waals surface area contributed by atoms with Gasteiger partial charge in [0.1, 0.15) is 12.5 Å². The molecule has 2 aliphatic rings. The molecule has 9 heteroatoms. The molecule has 0 aliphatic carbocycles. The predicted octanol–water partition coefficient (Wildman–Crippen LogP) is 1.08. The quantitative estimate of drug-likeness (QED) is 0.391. The van der Waals surface area contributed by atoms with Crippen LogP contribution in [-0.4, -0.2) is 70.1 Å². The second kappa shape index (κ2) is 9.65. The molecule has 0 N–H and O–H groups in total. The Balaban J connectivity index is 1.76. The molecule has 2 aliphatic heterocycles. The molecule has 4 amide bonds. The van der Waals surface area contributed by atoms with Crippen molar-refractivity contribution in [2.75, 3.05) is 25.6 Å². The topological polar surface area (TPSA) is 101 Å². The number of rotatable bonds is 10. The summed E-state index contributed by atoms with van der Waals surface area (Å²) in [5.41, 5.74) is 0. The Morgan fingerprint density at radius 1 is 1.04 bits per heavy atom. The fourth-order valence-electron chi connectivity index (χ4n) is 3.04. The van der Waals surface area contributed by atoms with Crippen molar-refractivity contribution in [1.82, 2.24) is 9.80 Å². The molecule has 2 atom stereocenters. The van der Waals surface area contributed by atoms with Crippen LogP contribution in [0.5, 0.6) is 0 Å². The number of carbonyl (C=O) groups is 5. The van der Waals surface area contributed by atoms with E-state index in [1.165, 1.54) is 16.7 Å². The van der Waals surface area contributed by atoms with Crippen LogP contribution < -0.4 is 0 Å². The Morgan fingerprint density at radius 3 is 2.25 bits per heavy atom. The molecule has 0 spiro atoms. The predicted molar refractivity (Wildman–Crippen MR) is 103 cm³/mol. The Kier molecular flexibility index (Phi) is 7.77. The van der Waals surface area contributed by atoms with Crippen LogP contribution in [0, 0.1) is 17.8 Å². The lowest BCUT2D eigenvalue weighted by Crippen LogP contribution is -2.37. The summed E-state index contributed by atoms with van der Waals surface area (Å²) in [7, 11) is 0. The van der Waals surface area contributed by atoms with Gasteiger partial charge in [0.25, 0.3) is 0 Å². The summed E-state index contributed by atoms with van der Waals surface area (Å²) in [4.78, 5) is 62.5. The molecule has 2 unspecified atom stereocenters. The highest BCUT2D eigenvalue weighted by Gasteiger charge is 2.41. The number of Topliss-reactive ketones (excluding diaryl/α,β-unsaturated/α-hetero) is 1. The molecule has 2 rings (SSSR count). The third kappa shape index (κ3) is 5.20. The molecule has 2 fully saturated rings. The van der Waals surface area contributed by atoms with E-state index < -0.39 is 5.25 Å². The normalized spacial score (nSPS) is 23.1. The third-order valence-electron chi connectivity index (χ3n) is 5.04. The zero-order valence-electron chi connectivity index (χ0n) is 16.8. The van der Waals surface area contributed by atoms with Crippen LogP contribution in [0.1, 0.15) is 40.5 Å². The zero-order valence-corrected chi connectivity index (χ0v) is 17.6. The zero-order chi connectivity index (χ0) is 21.0. The van der Waals surface area contributed by atoms with E-state index in [0.717, 1.165) is 4.90 Å². The van der Waals surface area contributed by atoms with Gasteiger partial charge in [0.2, 0.25) is 23.6 Å². The summed E-state index contributed by atoms with van der Waals surface area (Å²) in [5, 5.41) is -0.563. The first kappa shape index (κ1) is 22.5. The lowest BCUT2D eigenvalue weighted by atomic mass is 9.94. The van der Waals surface area contributed by atoms with Gasteiger partial charge in [-0.1, -0.05) is 27.7 Å². The molecule has 156 valence electrons. The molecule has 0 radical (unpaired) electrons. The van der Waals surface area contributed by atoms with Crippen molar-refractivity contribution in [1.29, 1.82) is 0 Å². The molecule has 0 aromatic carbocycles. The first-order valence-corrected chi connectivity index (χ1v) is 10.6. The van der Waals surface area contributed by atoms with Crippen LogP contribution in [0.25, 0.3) is 0 Å². The Morgan fingerprint density at radius 2 is 1.68 bits per heavy atom. The van der Waals surface area contributed by atoms with Gasteiger partial charge in [0.15, 0.2) is 0 Å². The molecule has 2 heterocycles. The monoisotopic (exact) mass is 412 g/mol. The van der Waals surface area contributed by atoms with Crippen molar-refractivity contribution in [3.63, 3.8) is 0 Å². The summed E-state index contributed by atoms with van der Waals surface area (Å²) < 4.78 is 5.39. The molecule has 2 saturated heterocycles. The SMILES string of the molecule is CC(C)C(=O)CSC1CC(=O)N(COCCN2C(=O)CC(C(C)C)C2=O)C1=O. The van der Waals surface area contributed by atoms with Gasteiger partial charge in [0, 0.05) is 24.7 Å². The fraction of sp³-hybridized carbons (Fsp3) is 0.737. The second-order valence-electron chi connectivity index (χ2n) is 7.76. The van der Waals surface area contributed by atoms with Crippen molar-refractivity contribution < 1.29 is 28.7 Å². The minimum Gasteiger partial charge on any atom is -0.359 e. The van der Waals surface area contributed by atoms with Gasteiger partial charge in [-0.15, -0.1) is 11.8 Å². The van der Waals surface area contributed by atoms with E-state index in [9.17, 15) is 24.0 Å². The molecule has 0 aromatic heterocycles. The van der Waals surface area contributed by atoms with E-state index in [-0.39, 0.29) is 85.6 Å². The Hall–Kier alpha value is -1.74. The summed E-state index contributed by atoms with van der Waals surface area (Å²) in [6.07, 6.45) is 0.269. The maximum absolute atomic E-state index is 12.3. The van der Waals surface area contributed by atoms with Gasteiger partial charge < -0.3 is 4.74 Å². The number of ether oxygens (including phenoxy) is 1. The number of carbonyl (C=O) groups excluding carboxylic acids is 5. The minimum absolute atomic E-state index is 0.0413. The molecular formula is C19H28N2O6S. The summed E-state index contributed by atoms with van der Waals surface area (Å²) in [5.74, 6) is -1.17. The van der Waals surface area contributed by atoms with Crippen molar-refractivity contribution in [2.45, 2.75) is 45.8 Å². The van der Waals surface area contributed by atoms with Crippen LogP contribution in [0.2, 0.25) is 0 Å². The molecule has 28 heavy (non-hydrogen) atoms. The van der Waals surface area contributed by atoms with E-state index in [1.54, 1.807) is 13.8 Å². The van der Waals surface area contributed by atoms with Crippen LogP contribution in [0.15, 0.2) is 0 Å². The van der Waals surface area contributed by atoms with Gasteiger partial charge >= 0.3 is 0 Å². The number of ketones is 1. The number of likely N-dealkylation sites (tertiary alicyclic amines) is 2. The summed E-state index contributed by atoms with van der Waals surface area (Å²) >= 11 is 1.18. The molecule has 8 nitrogen and oxygen atoms in total. The second-order valence-corrected chi connectivity index (χ2v) is 8.95. The lowest BCUT2D eigenvalue weighted by Gasteiger charge is -2.18. The number of imide groups is 2. The molecular weight excluding hydrogens is 384 g/mol. The number of nitrogens with zero attached hydrogens (tertiary/aromatic N) is 2. The van der Waals surface area contributed by atoms with E-state index in [0.29, 0.717) is 0 Å². The molecule has 0 bridgehead atoms. The average molecular weight is 413 g/mol. The highest BCUT2D eigenvalue weighted by molar-refractivity contribution is 8.01. The van der Waals surface area contributed by atoms with Gasteiger partial charge in [-0.05, 0) is 5.92 Å². The fourth-order valence-corrected chi connectivity index (χ4v) is 4.27. The van der Waals surface area contributed by atoms with Crippen LogP contribution in [-0.2, 0) is 28.7 Å². The Bertz CT molecular complexity index is 663. The number of hydrogen-bond acceptors (Lipinski definition) is 7. The van der Waals surface area contributed by atoms with Crippen LogP contribution >= 0.6 is 11.8 Å². The van der Waals surface area contributed by atoms with Crippen LogP contribution in [0.4, 0.5) is 0 Å². The first-order valence-electron chi connectivity index (χ1n) is 9.54. The third-order valence-corrected chi connectivity index (χ3v) is 6.26. The van der Waals surface area contributed by atoms with Gasteiger partial charge in [-0.3, -0.25) is 33.8 Å². The van der Waals surface area contributed by atoms with Gasteiger partial charge in [-0.2, -0.15) is 0 Å². The first-order chi connectivity index (χ1) is 13.1. The largest absolute Gasteiger partial charge is 0.359 e. The van der Waals surface area contributed by atoms with Crippen molar-refractivity contribution in [2.24, 2.45) is 17.8 Å². The maximum Gasteiger partial charge on any atom is 0.244 e.